The standard InChI is InChI=1S/C22H27N3O3S2.ClH/c1-4-24(5-2)15-16-25(22-23-18-12-8-9-13-19(18)29-22)21(26)17-11-7-10-14-20(17)30(27,28)6-3;/h7-14H,4-6,15-16H2,1-3H3;1H. The predicted octanol–water partition coefficient (Wildman–Crippen LogP) is 4.50. The van der Waals surface area contributed by atoms with Crippen LogP contribution in [0.5, 0.6) is 0 Å². The van der Waals surface area contributed by atoms with Crippen LogP contribution in [0.2, 0.25) is 0 Å². The molecule has 1 heterocycles. The van der Waals surface area contributed by atoms with Crippen molar-refractivity contribution >= 4 is 54.8 Å². The Bertz CT molecular complexity index is 1090. The number of sulfone groups is 1. The number of anilines is 1. The summed E-state index contributed by atoms with van der Waals surface area (Å²) in [5.74, 6) is -0.397. The maximum atomic E-state index is 13.6. The van der Waals surface area contributed by atoms with Gasteiger partial charge in [-0.15, -0.1) is 12.4 Å². The number of nitrogens with zero attached hydrogens (tertiary/aromatic N) is 3. The summed E-state index contributed by atoms with van der Waals surface area (Å²) >= 11 is 1.44. The van der Waals surface area contributed by atoms with E-state index in [2.05, 4.69) is 23.7 Å². The van der Waals surface area contributed by atoms with Crippen molar-refractivity contribution in [3.05, 3.63) is 54.1 Å². The van der Waals surface area contributed by atoms with Gasteiger partial charge in [0.05, 0.1) is 26.4 Å². The summed E-state index contributed by atoms with van der Waals surface area (Å²) in [5, 5.41) is 0.581. The summed E-state index contributed by atoms with van der Waals surface area (Å²) < 4.78 is 26.2. The van der Waals surface area contributed by atoms with Crippen LogP contribution >= 0.6 is 23.7 Å². The molecule has 168 valence electrons. The summed E-state index contributed by atoms with van der Waals surface area (Å²) in [5.41, 5.74) is 1.02. The first-order valence-corrected chi connectivity index (χ1v) is 12.6. The van der Waals surface area contributed by atoms with E-state index in [0.29, 0.717) is 18.2 Å². The third kappa shape index (κ3) is 5.63. The average molecular weight is 482 g/mol. The van der Waals surface area contributed by atoms with E-state index < -0.39 is 9.84 Å². The van der Waals surface area contributed by atoms with Crippen molar-refractivity contribution in [1.82, 2.24) is 9.88 Å². The molecule has 0 bridgehead atoms. The van der Waals surface area contributed by atoms with E-state index in [1.165, 1.54) is 17.4 Å². The molecular weight excluding hydrogens is 454 g/mol. The lowest BCUT2D eigenvalue weighted by Gasteiger charge is -2.25. The van der Waals surface area contributed by atoms with E-state index in [-0.39, 0.29) is 34.5 Å². The summed E-state index contributed by atoms with van der Waals surface area (Å²) in [7, 11) is -3.53. The molecule has 0 atom stereocenters. The number of carbonyl (C=O) groups is 1. The van der Waals surface area contributed by atoms with E-state index in [1.807, 2.05) is 24.3 Å². The molecule has 6 nitrogen and oxygen atoms in total. The van der Waals surface area contributed by atoms with Gasteiger partial charge in [0.15, 0.2) is 15.0 Å². The zero-order valence-electron chi connectivity index (χ0n) is 17.9. The summed E-state index contributed by atoms with van der Waals surface area (Å²) in [4.78, 5) is 22.2. The van der Waals surface area contributed by atoms with Crippen LogP contribution in [-0.2, 0) is 9.84 Å². The van der Waals surface area contributed by atoms with Crippen LogP contribution < -0.4 is 4.90 Å². The van der Waals surface area contributed by atoms with E-state index in [0.717, 1.165) is 23.3 Å². The Morgan fingerprint density at radius 3 is 2.26 bits per heavy atom. The Morgan fingerprint density at radius 2 is 1.61 bits per heavy atom. The summed E-state index contributed by atoms with van der Waals surface area (Å²) in [6.07, 6.45) is 0. The molecular formula is C22H28ClN3O3S2. The van der Waals surface area contributed by atoms with Gasteiger partial charge in [0.2, 0.25) is 0 Å². The Hall–Kier alpha value is -2.00. The van der Waals surface area contributed by atoms with Gasteiger partial charge in [-0.05, 0) is 37.4 Å². The first kappa shape index (κ1) is 25.3. The molecule has 3 rings (SSSR count). The maximum Gasteiger partial charge on any atom is 0.261 e. The molecule has 0 aliphatic rings. The van der Waals surface area contributed by atoms with Gasteiger partial charge in [0.25, 0.3) is 5.91 Å². The third-order valence-corrected chi connectivity index (χ3v) is 7.97. The molecule has 2 aromatic carbocycles. The number of rotatable bonds is 9. The number of carbonyl (C=O) groups excluding carboxylic acids is 1. The smallest absolute Gasteiger partial charge is 0.261 e. The highest BCUT2D eigenvalue weighted by molar-refractivity contribution is 7.91. The molecule has 1 aromatic heterocycles. The number of likely N-dealkylation sites (N-methyl/N-ethyl adjacent to an activating group) is 1. The summed E-state index contributed by atoms with van der Waals surface area (Å²) in [6.45, 7) is 8.60. The van der Waals surface area contributed by atoms with Crippen molar-refractivity contribution in [3.8, 4) is 0 Å². The van der Waals surface area contributed by atoms with Gasteiger partial charge in [0.1, 0.15) is 0 Å². The second-order valence-corrected chi connectivity index (χ2v) is 10.1. The quantitative estimate of drug-likeness (QED) is 0.450. The average Bonchev–Trinajstić information content (AvgIpc) is 3.20. The Labute approximate surface area is 194 Å². The fraction of sp³-hybridized carbons (Fsp3) is 0.364. The minimum Gasteiger partial charge on any atom is -0.302 e. The number of benzene rings is 2. The van der Waals surface area contributed by atoms with Crippen LogP contribution in [0.3, 0.4) is 0 Å². The Kier molecular flexibility index (Phi) is 9.00. The molecule has 1 amide bonds. The van der Waals surface area contributed by atoms with Crippen molar-refractivity contribution in [2.24, 2.45) is 0 Å². The van der Waals surface area contributed by atoms with Gasteiger partial charge in [-0.2, -0.15) is 0 Å². The van der Waals surface area contributed by atoms with Crippen molar-refractivity contribution in [2.75, 3.05) is 36.8 Å². The molecule has 0 aliphatic heterocycles. The zero-order valence-corrected chi connectivity index (χ0v) is 20.4. The third-order valence-electron chi connectivity index (χ3n) is 5.13. The first-order valence-electron chi connectivity index (χ1n) is 10.1. The van der Waals surface area contributed by atoms with Gasteiger partial charge in [0, 0.05) is 13.1 Å². The second kappa shape index (κ2) is 11.0. The lowest BCUT2D eigenvalue weighted by molar-refractivity contribution is 0.0980. The monoisotopic (exact) mass is 481 g/mol. The molecule has 0 spiro atoms. The van der Waals surface area contributed by atoms with Crippen LogP contribution in [0.25, 0.3) is 10.2 Å². The van der Waals surface area contributed by atoms with E-state index in [1.54, 1.807) is 30.0 Å². The number of hydrogen-bond acceptors (Lipinski definition) is 6. The maximum absolute atomic E-state index is 13.6. The van der Waals surface area contributed by atoms with E-state index >= 15 is 0 Å². The highest BCUT2D eigenvalue weighted by Gasteiger charge is 2.27. The topological polar surface area (TPSA) is 70.6 Å². The number of aromatic nitrogens is 1. The van der Waals surface area contributed by atoms with Crippen molar-refractivity contribution < 1.29 is 13.2 Å². The van der Waals surface area contributed by atoms with E-state index in [9.17, 15) is 13.2 Å². The van der Waals surface area contributed by atoms with Crippen LogP contribution in [0.4, 0.5) is 5.13 Å². The molecule has 0 fully saturated rings. The molecule has 0 saturated heterocycles. The van der Waals surface area contributed by atoms with Gasteiger partial charge < -0.3 is 4.90 Å². The van der Waals surface area contributed by atoms with Crippen molar-refractivity contribution in [1.29, 1.82) is 0 Å². The van der Waals surface area contributed by atoms with Crippen molar-refractivity contribution in [2.45, 2.75) is 25.7 Å². The molecule has 0 radical (unpaired) electrons. The van der Waals surface area contributed by atoms with Gasteiger partial charge in [-0.1, -0.05) is 56.4 Å². The highest BCUT2D eigenvalue weighted by atomic mass is 35.5. The number of amides is 1. The zero-order chi connectivity index (χ0) is 21.7. The molecule has 3 aromatic rings. The van der Waals surface area contributed by atoms with Crippen LogP contribution in [0, 0.1) is 0 Å². The summed E-state index contributed by atoms with van der Waals surface area (Å²) in [6, 6.07) is 14.2. The predicted molar refractivity (Wildman–Crippen MR) is 131 cm³/mol. The molecule has 0 N–H and O–H groups in total. The van der Waals surface area contributed by atoms with Gasteiger partial charge in [-0.3, -0.25) is 9.69 Å². The van der Waals surface area contributed by atoms with Gasteiger partial charge in [-0.25, -0.2) is 13.4 Å². The highest BCUT2D eigenvalue weighted by Crippen LogP contribution is 2.30. The number of thiazole rings is 1. The molecule has 0 aliphatic carbocycles. The fourth-order valence-corrected chi connectivity index (χ4v) is 5.33. The molecule has 31 heavy (non-hydrogen) atoms. The Balaban J connectivity index is 0.00000341. The number of para-hydroxylation sites is 1. The van der Waals surface area contributed by atoms with Crippen LogP contribution in [-0.4, -0.2) is 56.1 Å². The minimum atomic E-state index is -3.53. The second-order valence-electron chi connectivity index (χ2n) is 6.85. The van der Waals surface area contributed by atoms with Crippen LogP contribution in [0.1, 0.15) is 31.1 Å². The number of halogens is 1. The number of hydrogen-bond donors (Lipinski definition) is 0. The number of fused-ring (bicyclic) bond motifs is 1. The SMILES string of the molecule is CCN(CC)CCN(C(=O)c1ccccc1S(=O)(=O)CC)c1nc2ccccc2s1.Cl. The van der Waals surface area contributed by atoms with Crippen molar-refractivity contribution in [3.63, 3.8) is 0 Å². The molecule has 0 saturated carbocycles. The Morgan fingerprint density at radius 1 is 0.968 bits per heavy atom. The van der Waals surface area contributed by atoms with E-state index in [4.69, 9.17) is 0 Å². The van der Waals surface area contributed by atoms with Gasteiger partial charge >= 0.3 is 0 Å². The molecule has 0 unspecified atom stereocenters. The van der Waals surface area contributed by atoms with Crippen LogP contribution in [0.15, 0.2) is 53.4 Å². The minimum absolute atomic E-state index is 0. The normalized spacial score (nSPS) is 11.5. The molecule has 9 heteroatoms. The lowest BCUT2D eigenvalue weighted by Crippen LogP contribution is -2.39. The first-order chi connectivity index (χ1) is 14.4. The lowest BCUT2D eigenvalue weighted by atomic mass is 10.2. The fourth-order valence-electron chi connectivity index (χ4n) is 3.26. The largest absolute Gasteiger partial charge is 0.302 e.